The summed E-state index contributed by atoms with van der Waals surface area (Å²) in [6, 6.07) is 149. The van der Waals surface area contributed by atoms with Crippen molar-refractivity contribution in [2.24, 2.45) is 0 Å². The smallest absolute Gasteiger partial charge is 0.160 e. The van der Waals surface area contributed by atoms with E-state index in [0.29, 0.717) is 11.6 Å². The summed E-state index contributed by atoms with van der Waals surface area (Å²) in [5.74, 6) is 1.36. The van der Waals surface area contributed by atoms with Gasteiger partial charge in [0.25, 0.3) is 0 Å². The average molecular weight is 1560 g/mol. The van der Waals surface area contributed by atoms with Crippen LogP contribution in [0, 0.1) is 0 Å². The summed E-state index contributed by atoms with van der Waals surface area (Å²) < 4.78 is 13.4. The van der Waals surface area contributed by atoms with E-state index in [2.05, 4.69) is 352 Å². The number of rotatable bonds is 12. The van der Waals surface area contributed by atoms with Crippen LogP contribution in [0.3, 0.4) is 0 Å². The van der Waals surface area contributed by atoms with E-state index < -0.39 is 0 Å². The minimum absolute atomic E-state index is 0.679. The van der Waals surface area contributed by atoms with Crippen molar-refractivity contribution < 1.29 is 8.83 Å². The summed E-state index contributed by atoms with van der Waals surface area (Å²) in [7, 11) is 0. The molecule has 8 nitrogen and oxygen atoms in total. The van der Waals surface area contributed by atoms with Crippen molar-refractivity contribution in [1.82, 2.24) is 29.9 Å². The zero-order valence-corrected chi connectivity index (χ0v) is 65.9. The Morgan fingerprint density at radius 3 is 0.828 bits per heavy atom. The molecule has 122 heavy (non-hydrogen) atoms. The zero-order valence-electron chi connectivity index (χ0n) is 65.9. The van der Waals surface area contributed by atoms with Crippen LogP contribution in [0.1, 0.15) is 0 Å². The van der Waals surface area contributed by atoms with Crippen molar-refractivity contribution >= 4 is 109 Å². The minimum Gasteiger partial charge on any atom is -0.455 e. The number of pyridine rings is 2. The normalized spacial score (nSPS) is 11.6. The van der Waals surface area contributed by atoms with Gasteiger partial charge < -0.3 is 8.83 Å². The summed E-state index contributed by atoms with van der Waals surface area (Å²) in [5.41, 5.74) is 27.5. The number of furan rings is 2. The number of benzene rings is 18. The molecule has 8 heteroatoms. The molecular formula is C114H70N6O2. The van der Waals surface area contributed by atoms with Gasteiger partial charge in [0.1, 0.15) is 22.3 Å². The molecule has 0 radical (unpaired) electrons. The molecule has 0 aliphatic heterocycles. The molecule has 0 unspecified atom stereocenters. The van der Waals surface area contributed by atoms with Gasteiger partial charge in [0.15, 0.2) is 11.6 Å². The highest BCUT2D eigenvalue weighted by molar-refractivity contribution is 6.22. The first-order valence-electron chi connectivity index (χ1n) is 41.2. The van der Waals surface area contributed by atoms with Crippen molar-refractivity contribution in [3.63, 3.8) is 0 Å². The maximum Gasteiger partial charge on any atom is 0.160 e. The van der Waals surface area contributed by atoms with Gasteiger partial charge in [-0.2, -0.15) is 0 Å². The number of hydrogen-bond acceptors (Lipinski definition) is 8. The third-order valence-corrected chi connectivity index (χ3v) is 23.8. The van der Waals surface area contributed by atoms with Crippen LogP contribution < -0.4 is 0 Å². The lowest BCUT2D eigenvalue weighted by molar-refractivity contribution is 0.672. The second kappa shape index (κ2) is 29.9. The topological polar surface area (TPSA) is 104 Å². The number of hydrogen-bond donors (Lipinski definition) is 0. The molecular weight excluding hydrogens is 1490 g/mol. The lowest BCUT2D eigenvalue weighted by atomic mass is 9.92. The summed E-state index contributed by atoms with van der Waals surface area (Å²) in [5, 5.41) is 15.9. The van der Waals surface area contributed by atoms with Crippen LogP contribution in [0.2, 0.25) is 0 Å². The van der Waals surface area contributed by atoms with E-state index in [1.54, 1.807) is 0 Å². The summed E-state index contributed by atoms with van der Waals surface area (Å²) in [6.45, 7) is 0. The largest absolute Gasteiger partial charge is 0.455 e. The quantitative estimate of drug-likeness (QED) is 0.111. The Labute approximate surface area is 702 Å². The van der Waals surface area contributed by atoms with E-state index in [0.717, 1.165) is 167 Å². The number of para-hydroxylation sites is 2. The standard InChI is InChI=1S/2C57H35N3O/c1-3-13-36(14-4-1)37-23-29-41(30-24-37)57-59-50(38-15-5-2-6-16-38)35-51(60-57)39-25-27-40(28-26-39)55-54-48-21-11-12-22-53(48)61-56(54)47-32-31-43(34-52(47)58-55)49-33-42-17-7-8-18-44(42)45-19-9-10-20-46(45)49;1-3-13-36(14-4-1)37-23-25-38(26-24-37)50-35-51(60-57(59-50)41-15-5-2-6-16-41)39-27-29-40(30-28-39)55-54-48-21-11-12-22-53(48)61-56(54)47-32-31-43(34-52(47)58-55)49-33-42-17-7-8-18-44(42)45-19-9-10-20-46(45)49/h2*1-35H. The SMILES string of the molecule is c1ccc(-c2ccc(-c3cc(-c4ccc(-c5nc6cc(-c7cc8ccccc8c8ccccc78)ccc6c6oc7ccccc7c56)cc4)nc(-c4ccccc4)n3)cc2)cc1.c1ccc(-c2ccc(-c3nc(-c4ccccc4)cc(-c4ccc(-c5nc6cc(-c7cc8ccccc8c8ccccc78)ccc6c6oc7ccccc7c56)cc4)n3)cc2)cc1. The fourth-order valence-corrected chi connectivity index (χ4v) is 17.7. The Kier molecular flexibility index (Phi) is 17.4. The van der Waals surface area contributed by atoms with Gasteiger partial charge in [0, 0.05) is 66.1 Å². The minimum atomic E-state index is 0.679. The van der Waals surface area contributed by atoms with E-state index in [9.17, 15) is 0 Å². The molecule has 0 spiro atoms. The first-order valence-corrected chi connectivity index (χ1v) is 41.2. The van der Waals surface area contributed by atoms with Gasteiger partial charge in [0.05, 0.1) is 56.0 Å². The van der Waals surface area contributed by atoms with Gasteiger partial charge in [-0.05, 0) is 148 Å². The first-order chi connectivity index (χ1) is 60.4. The fourth-order valence-electron chi connectivity index (χ4n) is 17.7. The van der Waals surface area contributed by atoms with Gasteiger partial charge in [-0.15, -0.1) is 0 Å². The molecule has 0 saturated heterocycles. The van der Waals surface area contributed by atoms with Crippen LogP contribution in [0.4, 0.5) is 0 Å². The van der Waals surface area contributed by atoms with Gasteiger partial charge in [0.2, 0.25) is 0 Å². The molecule has 568 valence electrons. The van der Waals surface area contributed by atoms with E-state index in [4.69, 9.17) is 38.7 Å². The van der Waals surface area contributed by atoms with Crippen LogP contribution in [-0.4, -0.2) is 29.9 Å². The summed E-state index contributed by atoms with van der Waals surface area (Å²) >= 11 is 0. The third kappa shape index (κ3) is 12.8. The van der Waals surface area contributed by atoms with Crippen molar-refractivity contribution in [3.05, 3.63) is 425 Å². The van der Waals surface area contributed by atoms with Crippen molar-refractivity contribution in [1.29, 1.82) is 0 Å². The highest BCUT2D eigenvalue weighted by Gasteiger charge is 2.24. The lowest BCUT2D eigenvalue weighted by Gasteiger charge is -2.13. The monoisotopic (exact) mass is 1550 g/mol. The molecule has 6 heterocycles. The van der Waals surface area contributed by atoms with E-state index in [1.807, 2.05) is 72.8 Å². The van der Waals surface area contributed by atoms with Gasteiger partial charge >= 0.3 is 0 Å². The van der Waals surface area contributed by atoms with Crippen LogP contribution in [0.15, 0.2) is 433 Å². The molecule has 18 aromatic carbocycles. The van der Waals surface area contributed by atoms with Crippen molar-refractivity contribution in [3.8, 4) is 135 Å². The lowest BCUT2D eigenvalue weighted by Crippen LogP contribution is -1.96. The highest BCUT2D eigenvalue weighted by Crippen LogP contribution is 2.46. The van der Waals surface area contributed by atoms with Crippen LogP contribution in [0.5, 0.6) is 0 Å². The number of nitrogens with zero attached hydrogens (tertiary/aromatic N) is 6. The summed E-state index contributed by atoms with van der Waals surface area (Å²) in [4.78, 5) is 31.4. The Balaban J connectivity index is 0.000000142. The van der Waals surface area contributed by atoms with E-state index in [-0.39, 0.29) is 0 Å². The second-order valence-electron chi connectivity index (χ2n) is 31.1. The van der Waals surface area contributed by atoms with Gasteiger partial charge in [-0.1, -0.05) is 364 Å². The Bertz CT molecular complexity index is 7710. The molecule has 24 rings (SSSR count). The molecule has 0 fully saturated rings. The Hall–Kier alpha value is -16.4. The molecule has 0 aliphatic rings. The maximum atomic E-state index is 6.68. The molecule has 0 amide bonds. The molecule has 0 aliphatic carbocycles. The summed E-state index contributed by atoms with van der Waals surface area (Å²) in [6.07, 6.45) is 0. The average Bonchev–Trinajstić information content (AvgIpc) is 1.47. The van der Waals surface area contributed by atoms with Crippen molar-refractivity contribution in [2.75, 3.05) is 0 Å². The maximum absolute atomic E-state index is 6.68. The van der Waals surface area contributed by atoms with E-state index >= 15 is 0 Å². The number of aromatic nitrogens is 6. The van der Waals surface area contributed by atoms with Gasteiger partial charge in [-0.25, -0.2) is 29.9 Å². The van der Waals surface area contributed by atoms with E-state index in [1.165, 1.54) is 65.3 Å². The highest BCUT2D eigenvalue weighted by atomic mass is 16.3. The molecule has 0 bridgehead atoms. The third-order valence-electron chi connectivity index (χ3n) is 23.8. The predicted molar refractivity (Wildman–Crippen MR) is 504 cm³/mol. The molecule has 0 N–H and O–H groups in total. The molecule has 0 atom stereocenters. The predicted octanol–water partition coefficient (Wildman–Crippen LogP) is 30.5. The van der Waals surface area contributed by atoms with Crippen LogP contribution in [-0.2, 0) is 0 Å². The van der Waals surface area contributed by atoms with Gasteiger partial charge in [-0.3, -0.25) is 0 Å². The molecule has 24 aromatic rings. The van der Waals surface area contributed by atoms with Crippen LogP contribution in [0.25, 0.3) is 244 Å². The number of fused-ring (bicyclic) bond motifs is 16. The molecule has 0 saturated carbocycles. The second-order valence-corrected chi connectivity index (χ2v) is 31.1. The first kappa shape index (κ1) is 70.9. The molecule has 6 aromatic heterocycles. The zero-order chi connectivity index (χ0) is 80.6. The van der Waals surface area contributed by atoms with Crippen LogP contribution >= 0.6 is 0 Å². The Morgan fingerprint density at radius 1 is 0.164 bits per heavy atom. The Morgan fingerprint density at radius 2 is 0.434 bits per heavy atom. The van der Waals surface area contributed by atoms with Crippen molar-refractivity contribution in [2.45, 2.75) is 0 Å². The fraction of sp³-hybridized carbons (Fsp3) is 0.